The number of hydrogen-bond donors (Lipinski definition) is 1. The number of nitrogens with two attached hydrogens (primary N) is 1. The molecule has 0 unspecified atom stereocenters. The van der Waals surface area contributed by atoms with Gasteiger partial charge >= 0.3 is 0 Å². The standard InChI is InChI=1S/C3H4N4.C2H5B3/c4-3-1-2-5-7-6-3;1-2-4-5-3/h1-2H,(H2,4,5,6);2H2,1H3. The van der Waals surface area contributed by atoms with Gasteiger partial charge in [0.2, 0.25) is 0 Å². The largest absolute Gasteiger partial charge is 0.382 e. The van der Waals surface area contributed by atoms with E-state index < -0.39 is 0 Å². The van der Waals surface area contributed by atoms with Gasteiger partial charge in [-0.25, -0.2) is 0 Å². The van der Waals surface area contributed by atoms with Crippen molar-refractivity contribution in [3.05, 3.63) is 12.3 Å². The highest BCUT2D eigenvalue weighted by molar-refractivity contribution is 7.23. The van der Waals surface area contributed by atoms with E-state index in [1.54, 1.807) is 13.1 Å². The Morgan fingerprint density at radius 1 is 1.67 bits per heavy atom. The summed E-state index contributed by atoms with van der Waals surface area (Å²) in [6.07, 6.45) is 2.53. The highest BCUT2D eigenvalue weighted by atomic mass is 15.3. The molecular weight excluding hydrogens is 149 g/mol. The lowest BCUT2D eigenvalue weighted by Crippen LogP contribution is -1.98. The summed E-state index contributed by atoms with van der Waals surface area (Å²) < 4.78 is 0. The number of aromatic nitrogens is 3. The Labute approximate surface area is 75.2 Å². The van der Waals surface area contributed by atoms with Crippen molar-refractivity contribution in [1.82, 2.24) is 15.4 Å². The highest BCUT2D eigenvalue weighted by Gasteiger charge is 1.76. The maximum Gasteiger partial charge on any atom is 0.149 e. The number of nitrogen functional groups attached to an aromatic ring is 1. The molecule has 1 heterocycles. The van der Waals surface area contributed by atoms with E-state index in [1.807, 2.05) is 14.1 Å². The predicted octanol–water partition coefficient (Wildman–Crippen LogP) is -0.715. The van der Waals surface area contributed by atoms with Crippen molar-refractivity contribution in [2.24, 2.45) is 0 Å². The lowest BCUT2D eigenvalue weighted by Gasteiger charge is -1.80. The zero-order valence-electron chi connectivity index (χ0n) is 7.01. The first-order chi connectivity index (χ1) is 5.81. The lowest BCUT2D eigenvalue weighted by atomic mass is 9.27. The lowest BCUT2D eigenvalue weighted by molar-refractivity contribution is 0.873. The van der Waals surface area contributed by atoms with Gasteiger partial charge in [0.05, 0.1) is 13.4 Å². The molecule has 2 N–H and O–H groups in total. The molecule has 0 aliphatic carbocycles. The van der Waals surface area contributed by atoms with Crippen molar-refractivity contribution in [3.63, 3.8) is 0 Å². The van der Waals surface area contributed by atoms with Gasteiger partial charge in [0.15, 0.2) is 0 Å². The van der Waals surface area contributed by atoms with Crippen molar-refractivity contribution >= 4 is 27.8 Å². The minimum Gasteiger partial charge on any atom is -0.382 e. The van der Waals surface area contributed by atoms with Gasteiger partial charge in [-0.15, -0.1) is 10.2 Å². The highest BCUT2D eigenvalue weighted by Crippen LogP contribution is 1.83. The molecule has 0 spiro atoms. The number of rotatable bonds is 2. The van der Waals surface area contributed by atoms with E-state index in [9.17, 15) is 0 Å². The molecule has 12 heavy (non-hydrogen) atoms. The monoisotopic (exact) mass is 158 g/mol. The molecule has 4 radical (unpaired) electrons. The van der Waals surface area contributed by atoms with E-state index in [-0.39, 0.29) is 0 Å². The second-order valence-corrected chi connectivity index (χ2v) is 1.88. The van der Waals surface area contributed by atoms with Crippen molar-refractivity contribution in [2.75, 3.05) is 5.73 Å². The van der Waals surface area contributed by atoms with Crippen LogP contribution in [0.5, 0.6) is 0 Å². The zero-order valence-corrected chi connectivity index (χ0v) is 7.01. The molecular formula is C5H9B3N4. The third-order valence-electron chi connectivity index (χ3n) is 0.896. The fourth-order valence-corrected chi connectivity index (χ4v) is 0.386. The Kier molecular flexibility index (Phi) is 7.43. The number of hydrogen-bond acceptors (Lipinski definition) is 4. The molecule has 0 aliphatic heterocycles. The normalized spacial score (nSPS) is 7.75. The molecule has 0 aromatic carbocycles. The molecule has 1 aromatic rings. The molecule has 0 bridgehead atoms. The van der Waals surface area contributed by atoms with Crippen molar-refractivity contribution < 1.29 is 0 Å². The van der Waals surface area contributed by atoms with Crippen LogP contribution < -0.4 is 5.73 Å². The maximum atomic E-state index is 5.14. The second-order valence-electron chi connectivity index (χ2n) is 1.88. The van der Waals surface area contributed by atoms with E-state index in [4.69, 9.17) is 13.5 Å². The topological polar surface area (TPSA) is 64.7 Å². The maximum absolute atomic E-state index is 5.14. The van der Waals surface area contributed by atoms with Crippen LogP contribution in [0, 0.1) is 0 Å². The third kappa shape index (κ3) is 7.12. The minimum absolute atomic E-state index is 0.398. The zero-order chi connectivity index (χ0) is 9.23. The van der Waals surface area contributed by atoms with Crippen LogP contribution in [0.1, 0.15) is 6.92 Å². The van der Waals surface area contributed by atoms with Crippen LogP contribution >= 0.6 is 0 Å². The van der Waals surface area contributed by atoms with Crippen molar-refractivity contribution in [2.45, 2.75) is 13.2 Å². The van der Waals surface area contributed by atoms with Gasteiger partial charge in [0.25, 0.3) is 0 Å². The summed E-state index contributed by atoms with van der Waals surface area (Å²) in [6.45, 7) is 2.04. The van der Waals surface area contributed by atoms with Crippen LogP contribution in [-0.2, 0) is 0 Å². The summed E-state index contributed by atoms with van der Waals surface area (Å²) in [4.78, 5) is 0. The second kappa shape index (κ2) is 8.10. The van der Waals surface area contributed by atoms with Gasteiger partial charge in [-0.1, -0.05) is 13.2 Å². The Hall–Kier alpha value is -0.995. The molecule has 4 nitrogen and oxygen atoms in total. The SMILES string of the molecule is Nc1ccnnn1.[B][B][B]CC. The predicted molar refractivity (Wildman–Crippen MR) is 52.0 cm³/mol. The summed E-state index contributed by atoms with van der Waals surface area (Å²) >= 11 is 0. The molecule has 0 fully saturated rings. The van der Waals surface area contributed by atoms with Gasteiger partial charge in [-0.3, -0.25) is 0 Å². The first-order valence-corrected chi connectivity index (χ1v) is 3.57. The van der Waals surface area contributed by atoms with Crippen LogP contribution in [0.4, 0.5) is 5.82 Å². The van der Waals surface area contributed by atoms with E-state index in [2.05, 4.69) is 15.4 Å². The van der Waals surface area contributed by atoms with Crippen molar-refractivity contribution in [3.8, 4) is 0 Å². The molecule has 7 heteroatoms. The van der Waals surface area contributed by atoms with Gasteiger partial charge in [-0.2, -0.15) is 0 Å². The van der Waals surface area contributed by atoms with Gasteiger partial charge < -0.3 is 5.73 Å². The van der Waals surface area contributed by atoms with Gasteiger partial charge in [-0.05, 0) is 5.21 Å². The van der Waals surface area contributed by atoms with Crippen LogP contribution in [0.15, 0.2) is 12.3 Å². The Bertz CT molecular complexity index is 181. The first-order valence-electron chi connectivity index (χ1n) is 3.57. The average Bonchev–Trinajstić information content (AvgIpc) is 2.08. The summed E-state index contributed by atoms with van der Waals surface area (Å²) in [7, 11) is 8.42. The number of nitrogens with zero attached hydrogens (tertiary/aromatic N) is 3. The van der Waals surface area contributed by atoms with Crippen molar-refractivity contribution in [1.29, 1.82) is 0 Å². The van der Waals surface area contributed by atoms with E-state index in [0.717, 1.165) is 6.32 Å². The molecule has 0 amide bonds. The van der Waals surface area contributed by atoms with Gasteiger partial charge in [0, 0.05) is 20.9 Å². The summed E-state index contributed by atoms with van der Waals surface area (Å²) in [5, 5.41) is 10.1. The summed E-state index contributed by atoms with van der Waals surface area (Å²) in [6, 6.07) is 1.58. The Morgan fingerprint density at radius 2 is 2.42 bits per heavy atom. The fourth-order valence-electron chi connectivity index (χ4n) is 0.386. The van der Waals surface area contributed by atoms with E-state index in [1.165, 1.54) is 6.20 Å². The van der Waals surface area contributed by atoms with Crippen LogP contribution in [0.25, 0.3) is 0 Å². The summed E-state index contributed by atoms with van der Waals surface area (Å²) in [5.74, 6) is 0.398. The van der Waals surface area contributed by atoms with E-state index >= 15 is 0 Å². The van der Waals surface area contributed by atoms with Gasteiger partial charge in [0.1, 0.15) is 5.82 Å². The smallest absolute Gasteiger partial charge is 0.149 e. The minimum atomic E-state index is 0.398. The van der Waals surface area contributed by atoms with E-state index in [0.29, 0.717) is 5.82 Å². The average molecular weight is 158 g/mol. The number of anilines is 1. The molecule has 58 valence electrons. The molecule has 0 saturated heterocycles. The molecule has 1 rings (SSSR count). The third-order valence-corrected chi connectivity index (χ3v) is 0.896. The quantitative estimate of drug-likeness (QED) is 0.576. The fraction of sp³-hybridized carbons (Fsp3) is 0.400. The molecule has 0 atom stereocenters. The van der Waals surface area contributed by atoms with Crippen LogP contribution in [0.2, 0.25) is 6.32 Å². The molecule has 0 saturated carbocycles. The molecule has 0 aliphatic rings. The Morgan fingerprint density at radius 3 is 2.58 bits per heavy atom. The van der Waals surface area contributed by atoms with Crippen LogP contribution in [0.3, 0.4) is 0 Å². The Balaban J connectivity index is 0.000000217. The first kappa shape index (κ1) is 11.0. The summed E-state index contributed by atoms with van der Waals surface area (Å²) in [5.41, 5.74) is 5.14. The molecule has 1 aromatic heterocycles. The van der Waals surface area contributed by atoms with Crippen LogP contribution in [-0.4, -0.2) is 37.4 Å².